The van der Waals surface area contributed by atoms with Gasteiger partial charge in [0.1, 0.15) is 6.04 Å². The van der Waals surface area contributed by atoms with E-state index >= 15 is 0 Å². The third kappa shape index (κ3) is 2.51. The first-order valence-corrected chi connectivity index (χ1v) is 7.26. The number of amides is 1. The third-order valence-electron chi connectivity index (χ3n) is 3.18. The van der Waals surface area contributed by atoms with Crippen LogP contribution in [0.4, 0.5) is 0 Å². The molecule has 0 radical (unpaired) electrons. The fraction of sp³-hybridized carbons (Fsp3) is 0.700. The molecule has 2 aliphatic rings. The van der Waals surface area contributed by atoms with E-state index in [9.17, 15) is 13.2 Å². The molecule has 7 heteroatoms. The van der Waals surface area contributed by atoms with E-state index in [1.54, 1.807) is 0 Å². The molecule has 1 N–H and O–H groups in total. The summed E-state index contributed by atoms with van der Waals surface area (Å²) in [7, 11) is -3.30. The van der Waals surface area contributed by atoms with Crippen molar-refractivity contribution >= 4 is 15.9 Å². The largest absolute Gasteiger partial charge is 0.353 e. The fourth-order valence-electron chi connectivity index (χ4n) is 2.26. The highest BCUT2D eigenvalue weighted by Gasteiger charge is 2.38. The summed E-state index contributed by atoms with van der Waals surface area (Å²) in [4.78, 5) is 13.7. The van der Waals surface area contributed by atoms with Crippen molar-refractivity contribution in [3.05, 3.63) is 12.7 Å². The minimum atomic E-state index is -3.30. The molecule has 0 bridgehead atoms. The van der Waals surface area contributed by atoms with Gasteiger partial charge in [0.2, 0.25) is 15.9 Å². The van der Waals surface area contributed by atoms with E-state index in [2.05, 4.69) is 11.9 Å². The number of fused-ring (bicyclic) bond motifs is 1. The predicted molar refractivity (Wildman–Crippen MR) is 63.9 cm³/mol. The molecule has 0 aromatic carbocycles. The van der Waals surface area contributed by atoms with Crippen LogP contribution in [0.2, 0.25) is 0 Å². The maximum atomic E-state index is 11.9. The topological polar surface area (TPSA) is 69.7 Å². The molecule has 0 unspecified atom stereocenters. The summed E-state index contributed by atoms with van der Waals surface area (Å²) in [6.45, 7) is 6.22. The van der Waals surface area contributed by atoms with Crippen LogP contribution in [0.5, 0.6) is 0 Å². The Morgan fingerprint density at radius 2 is 2.18 bits per heavy atom. The average Bonchev–Trinajstić information content (AvgIpc) is 2.29. The van der Waals surface area contributed by atoms with Crippen molar-refractivity contribution in [2.75, 3.05) is 38.5 Å². The molecule has 2 aliphatic heterocycles. The Kier molecular flexibility index (Phi) is 3.50. The molecule has 0 spiro atoms. The second-order valence-corrected chi connectivity index (χ2v) is 6.28. The number of hydrogen-bond acceptors (Lipinski definition) is 4. The number of piperazine rings is 2. The Labute approximate surface area is 101 Å². The lowest BCUT2D eigenvalue weighted by atomic mass is 10.1. The van der Waals surface area contributed by atoms with Crippen LogP contribution in [0, 0.1) is 0 Å². The normalized spacial score (nSPS) is 27.3. The molecule has 1 atom stereocenters. The molecule has 6 nitrogen and oxygen atoms in total. The second kappa shape index (κ2) is 4.75. The van der Waals surface area contributed by atoms with E-state index in [4.69, 9.17) is 0 Å². The van der Waals surface area contributed by atoms with Crippen LogP contribution in [-0.4, -0.2) is 68.0 Å². The zero-order valence-corrected chi connectivity index (χ0v) is 10.4. The smallest absolute Gasteiger partial charge is 0.238 e. The van der Waals surface area contributed by atoms with Crippen LogP contribution in [0.1, 0.15) is 0 Å². The molecule has 0 aromatic heterocycles. The maximum Gasteiger partial charge on any atom is 0.238 e. The number of carbonyl (C=O) groups excluding carboxylic acids is 1. The van der Waals surface area contributed by atoms with Gasteiger partial charge in [-0.25, -0.2) is 8.42 Å². The van der Waals surface area contributed by atoms with Gasteiger partial charge in [-0.2, -0.15) is 4.31 Å². The van der Waals surface area contributed by atoms with Gasteiger partial charge in [0.15, 0.2) is 0 Å². The first-order chi connectivity index (χ1) is 8.04. The van der Waals surface area contributed by atoms with Gasteiger partial charge in [0.05, 0.1) is 5.75 Å². The molecule has 96 valence electrons. The highest BCUT2D eigenvalue weighted by Crippen LogP contribution is 2.15. The molecular formula is C10H17N3O3S. The molecule has 0 aromatic rings. The van der Waals surface area contributed by atoms with Crippen molar-refractivity contribution in [2.24, 2.45) is 0 Å². The fourth-order valence-corrected chi connectivity index (χ4v) is 3.50. The van der Waals surface area contributed by atoms with Gasteiger partial charge >= 0.3 is 0 Å². The second-order valence-electron chi connectivity index (χ2n) is 4.27. The highest BCUT2D eigenvalue weighted by atomic mass is 32.2. The Morgan fingerprint density at radius 3 is 2.88 bits per heavy atom. The zero-order chi connectivity index (χ0) is 12.5. The van der Waals surface area contributed by atoms with Crippen LogP contribution in [-0.2, 0) is 14.8 Å². The summed E-state index contributed by atoms with van der Waals surface area (Å²) < 4.78 is 25.1. The number of nitrogens with one attached hydrogen (secondary N) is 1. The van der Waals surface area contributed by atoms with E-state index < -0.39 is 10.0 Å². The lowest BCUT2D eigenvalue weighted by molar-refractivity contribution is -0.130. The lowest BCUT2D eigenvalue weighted by Gasteiger charge is -2.42. The van der Waals surface area contributed by atoms with Gasteiger partial charge < -0.3 is 5.32 Å². The van der Waals surface area contributed by atoms with Gasteiger partial charge in [0, 0.05) is 32.7 Å². The zero-order valence-electron chi connectivity index (χ0n) is 9.63. The van der Waals surface area contributed by atoms with E-state index in [1.165, 1.54) is 10.4 Å². The summed E-state index contributed by atoms with van der Waals surface area (Å²) in [6, 6.07) is -0.336. The molecule has 17 heavy (non-hydrogen) atoms. The molecule has 2 rings (SSSR count). The summed E-state index contributed by atoms with van der Waals surface area (Å²) in [5.74, 6) is -0.142. The SMILES string of the molecule is C=CCS(=O)(=O)N1CCN2CCNC(=O)[C@H]2C1. The summed E-state index contributed by atoms with van der Waals surface area (Å²) >= 11 is 0. The van der Waals surface area contributed by atoms with Gasteiger partial charge in [-0.15, -0.1) is 6.58 Å². The number of rotatable bonds is 3. The molecule has 2 fully saturated rings. The van der Waals surface area contributed by atoms with E-state index in [-0.39, 0.29) is 24.2 Å². The molecule has 2 saturated heterocycles. The van der Waals surface area contributed by atoms with Crippen LogP contribution >= 0.6 is 0 Å². The summed E-state index contributed by atoms with van der Waals surface area (Å²) in [5.41, 5.74) is 0. The number of sulfonamides is 1. The first-order valence-electron chi connectivity index (χ1n) is 5.65. The molecule has 1 amide bonds. The van der Waals surface area contributed by atoms with Crippen molar-refractivity contribution in [3.63, 3.8) is 0 Å². The maximum absolute atomic E-state index is 11.9. The van der Waals surface area contributed by atoms with Gasteiger partial charge in [-0.3, -0.25) is 9.69 Å². The van der Waals surface area contributed by atoms with Crippen molar-refractivity contribution in [2.45, 2.75) is 6.04 Å². The summed E-state index contributed by atoms with van der Waals surface area (Å²) in [6.07, 6.45) is 1.38. The van der Waals surface area contributed by atoms with Crippen LogP contribution in [0.25, 0.3) is 0 Å². The van der Waals surface area contributed by atoms with Crippen LogP contribution < -0.4 is 5.32 Å². The molecular weight excluding hydrogens is 242 g/mol. The van der Waals surface area contributed by atoms with Crippen molar-refractivity contribution in [1.29, 1.82) is 0 Å². The van der Waals surface area contributed by atoms with E-state index in [1.807, 2.05) is 4.90 Å². The number of hydrogen-bond donors (Lipinski definition) is 1. The lowest BCUT2D eigenvalue weighted by Crippen LogP contribution is -2.64. The average molecular weight is 259 g/mol. The Bertz CT molecular complexity index is 421. The Morgan fingerprint density at radius 1 is 1.41 bits per heavy atom. The van der Waals surface area contributed by atoms with Gasteiger partial charge in [-0.1, -0.05) is 6.08 Å². The van der Waals surface area contributed by atoms with Crippen molar-refractivity contribution in [3.8, 4) is 0 Å². The van der Waals surface area contributed by atoms with E-state index in [0.717, 1.165) is 6.54 Å². The molecule has 0 saturated carbocycles. The Balaban J connectivity index is 2.10. The quantitative estimate of drug-likeness (QED) is 0.634. The minimum Gasteiger partial charge on any atom is -0.353 e. The first kappa shape index (κ1) is 12.5. The van der Waals surface area contributed by atoms with Crippen molar-refractivity contribution < 1.29 is 13.2 Å². The highest BCUT2D eigenvalue weighted by molar-refractivity contribution is 7.89. The molecule has 0 aliphatic carbocycles. The number of nitrogens with zero attached hydrogens (tertiary/aromatic N) is 2. The summed E-state index contributed by atoms with van der Waals surface area (Å²) in [5, 5.41) is 2.76. The monoisotopic (exact) mass is 259 g/mol. The van der Waals surface area contributed by atoms with Gasteiger partial charge in [-0.05, 0) is 0 Å². The van der Waals surface area contributed by atoms with Gasteiger partial charge in [0.25, 0.3) is 0 Å². The number of carbonyl (C=O) groups is 1. The van der Waals surface area contributed by atoms with Crippen LogP contribution in [0.15, 0.2) is 12.7 Å². The third-order valence-corrected chi connectivity index (χ3v) is 4.95. The minimum absolute atomic E-state index is 0.0681. The Hall–Kier alpha value is -0.920. The van der Waals surface area contributed by atoms with Crippen LogP contribution in [0.3, 0.4) is 0 Å². The van der Waals surface area contributed by atoms with E-state index in [0.29, 0.717) is 19.6 Å². The van der Waals surface area contributed by atoms with Crippen molar-refractivity contribution in [1.82, 2.24) is 14.5 Å². The standard InChI is InChI=1S/C10H17N3O3S/c1-2-7-17(15,16)13-6-5-12-4-3-11-10(14)9(12)8-13/h2,9H,1,3-8H2,(H,11,14)/t9-/m1/s1. The molecule has 2 heterocycles. The predicted octanol–water partition coefficient (Wildman–Crippen LogP) is -1.38.